The Bertz CT molecular complexity index is 1110. The first-order valence-electron chi connectivity index (χ1n) is 9.08. The predicted molar refractivity (Wildman–Crippen MR) is 122 cm³/mol. The molecule has 30 heavy (non-hydrogen) atoms. The molecule has 0 fully saturated rings. The second-order valence-corrected chi connectivity index (χ2v) is 9.41. The molecule has 0 saturated heterocycles. The number of carbonyl (C=O) groups is 1. The molecule has 0 atom stereocenters. The molecule has 0 radical (unpaired) electrons. The molecule has 3 aromatic rings. The third kappa shape index (κ3) is 5.53. The highest BCUT2D eigenvalue weighted by molar-refractivity contribution is 7.92. The van der Waals surface area contributed by atoms with E-state index in [1.165, 1.54) is 4.31 Å². The lowest BCUT2D eigenvalue weighted by Gasteiger charge is -2.23. The van der Waals surface area contributed by atoms with E-state index in [9.17, 15) is 13.2 Å². The van der Waals surface area contributed by atoms with Gasteiger partial charge < -0.3 is 5.32 Å². The number of amides is 1. The Morgan fingerprint density at radius 3 is 2.07 bits per heavy atom. The number of rotatable bonds is 7. The van der Waals surface area contributed by atoms with Crippen molar-refractivity contribution in [2.75, 3.05) is 10.6 Å². The molecule has 0 bridgehead atoms. The van der Waals surface area contributed by atoms with Crippen LogP contribution in [0.2, 0.25) is 10.0 Å². The molecular weight excluding hydrogens is 443 g/mol. The van der Waals surface area contributed by atoms with Crippen molar-refractivity contribution < 1.29 is 13.2 Å². The van der Waals surface area contributed by atoms with Gasteiger partial charge in [-0.15, -0.1) is 0 Å². The Morgan fingerprint density at radius 1 is 0.900 bits per heavy atom. The summed E-state index contributed by atoms with van der Waals surface area (Å²) < 4.78 is 26.0. The summed E-state index contributed by atoms with van der Waals surface area (Å²) in [4.78, 5) is 12.4. The van der Waals surface area contributed by atoms with Crippen LogP contribution < -0.4 is 9.62 Å². The van der Waals surface area contributed by atoms with Gasteiger partial charge in [0, 0.05) is 27.7 Å². The Morgan fingerprint density at radius 2 is 1.50 bits per heavy atom. The lowest BCUT2D eigenvalue weighted by atomic mass is 10.1. The Labute approximate surface area is 186 Å². The number of hydrogen-bond donors (Lipinski definition) is 1. The van der Waals surface area contributed by atoms with Crippen LogP contribution in [0, 0.1) is 0 Å². The van der Waals surface area contributed by atoms with Gasteiger partial charge in [-0.1, -0.05) is 59.6 Å². The molecule has 0 aliphatic carbocycles. The highest BCUT2D eigenvalue weighted by atomic mass is 35.5. The van der Waals surface area contributed by atoms with E-state index < -0.39 is 10.0 Å². The average Bonchev–Trinajstić information content (AvgIpc) is 2.72. The summed E-state index contributed by atoms with van der Waals surface area (Å²) in [7, 11) is -3.61. The third-order valence-electron chi connectivity index (χ3n) is 4.48. The number of carbonyl (C=O) groups excluding carboxylic acids is 1. The zero-order chi connectivity index (χ0) is 21.7. The minimum atomic E-state index is -3.61. The normalized spacial score (nSPS) is 11.2. The molecule has 1 amide bonds. The predicted octanol–water partition coefficient (Wildman–Crippen LogP) is 4.89. The van der Waals surface area contributed by atoms with E-state index in [1.807, 2.05) is 30.3 Å². The highest BCUT2D eigenvalue weighted by Gasteiger charge is 2.21. The number of nitrogens with zero attached hydrogens (tertiary/aromatic N) is 1. The van der Waals surface area contributed by atoms with Crippen molar-refractivity contribution in [3.63, 3.8) is 0 Å². The van der Waals surface area contributed by atoms with E-state index >= 15 is 0 Å². The summed E-state index contributed by atoms with van der Waals surface area (Å²) >= 11 is 12.4. The molecule has 5 nitrogen and oxygen atoms in total. The van der Waals surface area contributed by atoms with Crippen LogP contribution in [0.25, 0.3) is 0 Å². The summed E-state index contributed by atoms with van der Waals surface area (Å²) in [5.41, 5.74) is 2.34. The number of benzene rings is 3. The number of sulfonamides is 1. The fraction of sp³-hybridized carbons (Fsp3) is 0.136. The van der Waals surface area contributed by atoms with Crippen molar-refractivity contribution >= 4 is 44.8 Å². The molecular formula is C22H20Cl2N2O3S. The van der Waals surface area contributed by atoms with Gasteiger partial charge in [-0.3, -0.25) is 9.10 Å². The Hall–Kier alpha value is -2.54. The van der Waals surface area contributed by atoms with E-state index in [2.05, 4.69) is 5.32 Å². The third-order valence-corrected chi connectivity index (χ3v) is 6.33. The summed E-state index contributed by atoms with van der Waals surface area (Å²) in [6.07, 6.45) is 1.11. The summed E-state index contributed by atoms with van der Waals surface area (Å²) in [5.74, 6) is -0.245. The SMILES string of the molecule is CS(=O)(=O)N(Cc1c(Cl)cccc1Cl)c1ccc(C(=O)NCc2ccccc2)cc1. The van der Waals surface area contributed by atoms with Crippen LogP contribution >= 0.6 is 23.2 Å². The van der Waals surface area contributed by atoms with Gasteiger partial charge >= 0.3 is 0 Å². The molecule has 8 heteroatoms. The van der Waals surface area contributed by atoms with Gasteiger partial charge in [0.15, 0.2) is 0 Å². The zero-order valence-corrected chi connectivity index (χ0v) is 18.5. The molecule has 0 saturated carbocycles. The van der Waals surface area contributed by atoms with Crippen molar-refractivity contribution in [2.24, 2.45) is 0 Å². The van der Waals surface area contributed by atoms with Crippen molar-refractivity contribution in [3.05, 3.63) is 99.5 Å². The Balaban J connectivity index is 1.78. The maximum Gasteiger partial charge on any atom is 0.251 e. The van der Waals surface area contributed by atoms with Gasteiger partial charge in [-0.25, -0.2) is 8.42 Å². The largest absolute Gasteiger partial charge is 0.348 e. The fourth-order valence-electron chi connectivity index (χ4n) is 2.89. The van der Waals surface area contributed by atoms with Crippen molar-refractivity contribution in [1.29, 1.82) is 0 Å². The highest BCUT2D eigenvalue weighted by Crippen LogP contribution is 2.29. The monoisotopic (exact) mass is 462 g/mol. The van der Waals surface area contributed by atoms with Crippen LogP contribution in [0.15, 0.2) is 72.8 Å². The van der Waals surface area contributed by atoms with Crippen LogP contribution in [0.4, 0.5) is 5.69 Å². The van der Waals surface area contributed by atoms with Crippen molar-refractivity contribution in [1.82, 2.24) is 5.32 Å². The van der Waals surface area contributed by atoms with Gasteiger partial charge in [-0.05, 0) is 42.0 Å². The van der Waals surface area contributed by atoms with Gasteiger partial charge in [0.1, 0.15) is 0 Å². The maximum atomic E-state index is 12.4. The van der Waals surface area contributed by atoms with E-state index in [1.54, 1.807) is 42.5 Å². The maximum absolute atomic E-state index is 12.4. The second-order valence-electron chi connectivity index (χ2n) is 6.68. The van der Waals surface area contributed by atoms with Crippen LogP contribution in [-0.2, 0) is 23.1 Å². The van der Waals surface area contributed by atoms with Crippen molar-refractivity contribution in [3.8, 4) is 0 Å². The summed E-state index contributed by atoms with van der Waals surface area (Å²) in [6.45, 7) is 0.388. The lowest BCUT2D eigenvalue weighted by molar-refractivity contribution is 0.0951. The number of anilines is 1. The van der Waals surface area contributed by atoms with Gasteiger partial charge in [0.2, 0.25) is 10.0 Å². The van der Waals surface area contributed by atoms with Gasteiger partial charge in [0.25, 0.3) is 5.91 Å². The van der Waals surface area contributed by atoms with Crippen molar-refractivity contribution in [2.45, 2.75) is 13.1 Å². The summed E-state index contributed by atoms with van der Waals surface area (Å²) in [5, 5.41) is 3.61. The standard InChI is InChI=1S/C22H20Cl2N2O3S/c1-30(28,29)26(15-19-20(23)8-5-9-21(19)24)18-12-10-17(11-13-18)22(27)25-14-16-6-3-2-4-7-16/h2-13H,14-15H2,1H3,(H,25,27). The zero-order valence-electron chi connectivity index (χ0n) is 16.2. The first-order chi connectivity index (χ1) is 14.3. The topological polar surface area (TPSA) is 66.5 Å². The molecule has 0 heterocycles. The second kappa shape index (κ2) is 9.51. The first-order valence-corrected chi connectivity index (χ1v) is 11.7. The molecule has 0 unspecified atom stereocenters. The number of hydrogen-bond acceptors (Lipinski definition) is 3. The van der Waals surface area contributed by atoms with E-state index in [0.29, 0.717) is 33.4 Å². The molecule has 0 spiro atoms. The van der Waals surface area contributed by atoms with Crippen LogP contribution in [0.3, 0.4) is 0 Å². The molecule has 1 N–H and O–H groups in total. The average molecular weight is 463 g/mol. The molecule has 0 aliphatic heterocycles. The first kappa shape index (κ1) is 22.2. The molecule has 3 rings (SSSR count). The van der Waals surface area contributed by atoms with E-state index in [0.717, 1.165) is 11.8 Å². The van der Waals surface area contributed by atoms with Gasteiger partial charge in [0.05, 0.1) is 18.5 Å². The Kier molecular flexibility index (Phi) is 7.02. The number of nitrogens with one attached hydrogen (secondary N) is 1. The number of halogens is 2. The van der Waals surface area contributed by atoms with E-state index in [-0.39, 0.29) is 12.5 Å². The van der Waals surface area contributed by atoms with Crippen LogP contribution in [0.1, 0.15) is 21.5 Å². The minimum absolute atomic E-state index is 0.0170. The van der Waals surface area contributed by atoms with Crippen LogP contribution in [0.5, 0.6) is 0 Å². The molecule has 156 valence electrons. The molecule has 0 aromatic heterocycles. The smallest absolute Gasteiger partial charge is 0.251 e. The minimum Gasteiger partial charge on any atom is -0.348 e. The summed E-state index contributed by atoms with van der Waals surface area (Å²) in [6, 6.07) is 20.9. The van der Waals surface area contributed by atoms with Crippen LogP contribution in [-0.4, -0.2) is 20.6 Å². The fourth-order valence-corrected chi connectivity index (χ4v) is 4.27. The lowest BCUT2D eigenvalue weighted by Crippen LogP contribution is -2.29. The molecule has 3 aromatic carbocycles. The molecule has 0 aliphatic rings. The van der Waals surface area contributed by atoms with E-state index in [4.69, 9.17) is 23.2 Å². The van der Waals surface area contributed by atoms with Gasteiger partial charge in [-0.2, -0.15) is 0 Å². The quantitative estimate of drug-likeness (QED) is 0.543.